The van der Waals surface area contributed by atoms with Crippen molar-refractivity contribution in [3.8, 4) is 5.75 Å². The van der Waals surface area contributed by atoms with E-state index in [4.69, 9.17) is 10.8 Å². The van der Waals surface area contributed by atoms with Crippen molar-refractivity contribution < 1.29 is 15.0 Å². The first-order chi connectivity index (χ1) is 7.50. The van der Waals surface area contributed by atoms with Crippen LogP contribution < -0.4 is 5.73 Å². The van der Waals surface area contributed by atoms with Gasteiger partial charge in [-0.15, -0.1) is 0 Å². The first-order valence-electron chi connectivity index (χ1n) is 4.44. The number of anilines is 1. The molecule has 0 aromatic heterocycles. The number of phenols is 1. The molecule has 4 nitrogen and oxygen atoms in total. The molecule has 0 saturated heterocycles. The zero-order chi connectivity index (χ0) is 11.9. The number of carboxylic acid groups (broad SMARTS) is 1. The third-order valence-corrected chi connectivity index (χ3v) is 2.84. The molecular weight excluding hydrogens is 274 g/mol. The number of benzene rings is 2. The van der Waals surface area contributed by atoms with Gasteiger partial charge in [0.05, 0.1) is 5.69 Å². The molecule has 0 radical (unpaired) electrons. The van der Waals surface area contributed by atoms with E-state index in [9.17, 15) is 9.90 Å². The average Bonchev–Trinajstić information content (AvgIpc) is 2.22. The summed E-state index contributed by atoms with van der Waals surface area (Å²) in [5, 5.41) is 19.8. The second-order valence-corrected chi connectivity index (χ2v) is 4.27. The van der Waals surface area contributed by atoms with E-state index in [0.29, 0.717) is 10.8 Å². The Hall–Kier alpha value is -1.75. The summed E-state index contributed by atoms with van der Waals surface area (Å²) in [5.74, 6) is -1.59. The van der Waals surface area contributed by atoms with Crippen molar-refractivity contribution in [3.63, 3.8) is 0 Å². The highest BCUT2D eigenvalue weighted by molar-refractivity contribution is 9.10. The fraction of sp³-hybridized carbons (Fsp3) is 0. The molecule has 0 atom stereocenters. The van der Waals surface area contributed by atoms with Crippen molar-refractivity contribution in [1.82, 2.24) is 0 Å². The zero-order valence-corrected chi connectivity index (χ0v) is 9.65. The highest BCUT2D eigenvalue weighted by Gasteiger charge is 2.15. The summed E-state index contributed by atoms with van der Waals surface area (Å²) in [4.78, 5) is 10.9. The van der Waals surface area contributed by atoms with E-state index in [1.165, 1.54) is 6.07 Å². The van der Waals surface area contributed by atoms with Crippen LogP contribution >= 0.6 is 15.9 Å². The molecule has 4 N–H and O–H groups in total. The molecule has 0 unspecified atom stereocenters. The molecule has 16 heavy (non-hydrogen) atoms. The highest BCUT2D eigenvalue weighted by atomic mass is 79.9. The number of hydrogen-bond donors (Lipinski definition) is 3. The molecule has 0 aliphatic heterocycles. The Balaban J connectivity index is 2.88. The molecule has 0 fully saturated rings. The molecule has 0 aliphatic carbocycles. The van der Waals surface area contributed by atoms with Gasteiger partial charge < -0.3 is 15.9 Å². The lowest BCUT2D eigenvalue weighted by molar-refractivity contribution is 0.0694. The number of aromatic hydroxyl groups is 1. The average molecular weight is 282 g/mol. The van der Waals surface area contributed by atoms with Gasteiger partial charge >= 0.3 is 5.97 Å². The van der Waals surface area contributed by atoms with Gasteiger partial charge in [-0.25, -0.2) is 4.79 Å². The molecule has 0 bridgehead atoms. The Labute approximate surface area is 99.4 Å². The number of fused-ring (bicyclic) bond motifs is 1. The molecule has 0 heterocycles. The van der Waals surface area contributed by atoms with Gasteiger partial charge in [0.2, 0.25) is 0 Å². The largest absolute Gasteiger partial charge is 0.505 e. The quantitative estimate of drug-likeness (QED) is 0.554. The second kappa shape index (κ2) is 3.68. The van der Waals surface area contributed by atoms with E-state index in [1.54, 1.807) is 18.2 Å². The molecule has 0 aliphatic rings. The Bertz CT molecular complexity index is 595. The minimum atomic E-state index is -1.20. The van der Waals surface area contributed by atoms with Crippen molar-refractivity contribution in [2.75, 3.05) is 5.73 Å². The summed E-state index contributed by atoms with van der Waals surface area (Å²) in [6, 6.07) is 6.64. The van der Waals surface area contributed by atoms with Gasteiger partial charge in [-0.05, 0) is 23.6 Å². The fourth-order valence-electron chi connectivity index (χ4n) is 1.56. The topological polar surface area (TPSA) is 83.5 Å². The molecule has 0 amide bonds. The van der Waals surface area contributed by atoms with E-state index >= 15 is 0 Å². The number of carboxylic acids is 1. The predicted molar refractivity (Wildman–Crippen MR) is 64.7 cm³/mol. The van der Waals surface area contributed by atoms with Gasteiger partial charge in [-0.3, -0.25) is 0 Å². The summed E-state index contributed by atoms with van der Waals surface area (Å²) in [6.45, 7) is 0. The maximum Gasteiger partial charge on any atom is 0.339 e. The molecule has 82 valence electrons. The first kappa shape index (κ1) is 10.8. The number of nitrogen functional groups attached to an aromatic ring is 1. The van der Waals surface area contributed by atoms with Crippen LogP contribution in [0.2, 0.25) is 0 Å². The minimum absolute atomic E-state index is 0.0856. The van der Waals surface area contributed by atoms with Gasteiger partial charge in [-0.1, -0.05) is 22.0 Å². The lowest BCUT2D eigenvalue weighted by atomic mass is 10.0. The Morgan fingerprint density at radius 1 is 1.31 bits per heavy atom. The zero-order valence-electron chi connectivity index (χ0n) is 8.07. The third-order valence-electron chi connectivity index (χ3n) is 2.34. The van der Waals surface area contributed by atoms with Crippen molar-refractivity contribution in [3.05, 3.63) is 34.3 Å². The van der Waals surface area contributed by atoms with Crippen molar-refractivity contribution >= 4 is 38.4 Å². The SMILES string of the molecule is Nc1c(O)c(C(=O)O)cc2cc(Br)ccc12. The van der Waals surface area contributed by atoms with E-state index in [0.717, 1.165) is 4.47 Å². The maximum atomic E-state index is 10.9. The summed E-state index contributed by atoms with van der Waals surface area (Å²) >= 11 is 3.29. The normalized spacial score (nSPS) is 10.6. The van der Waals surface area contributed by atoms with Crippen LogP contribution in [0.3, 0.4) is 0 Å². The number of nitrogens with two attached hydrogens (primary N) is 1. The van der Waals surface area contributed by atoms with E-state index < -0.39 is 5.97 Å². The summed E-state index contributed by atoms with van der Waals surface area (Å²) in [6.07, 6.45) is 0. The molecule has 2 aromatic rings. The van der Waals surface area contributed by atoms with Crippen LogP contribution in [0, 0.1) is 0 Å². The summed E-state index contributed by atoms with van der Waals surface area (Å²) < 4.78 is 0.821. The number of carbonyl (C=O) groups is 1. The molecule has 2 aromatic carbocycles. The van der Waals surface area contributed by atoms with Crippen LogP contribution in [-0.2, 0) is 0 Å². The van der Waals surface area contributed by atoms with Gasteiger partial charge in [0, 0.05) is 9.86 Å². The lowest BCUT2D eigenvalue weighted by Crippen LogP contribution is -2.00. The highest BCUT2D eigenvalue weighted by Crippen LogP contribution is 2.34. The molecular formula is C11H8BrNO3. The van der Waals surface area contributed by atoms with Gasteiger partial charge in [0.15, 0.2) is 5.75 Å². The fourth-order valence-corrected chi connectivity index (χ4v) is 1.94. The van der Waals surface area contributed by atoms with Crippen LogP contribution in [0.25, 0.3) is 10.8 Å². The van der Waals surface area contributed by atoms with Gasteiger partial charge in [0.25, 0.3) is 0 Å². The van der Waals surface area contributed by atoms with Crippen LogP contribution in [0.5, 0.6) is 5.75 Å². The summed E-state index contributed by atoms with van der Waals surface area (Å²) in [7, 11) is 0. The van der Waals surface area contributed by atoms with E-state index in [1.807, 2.05) is 0 Å². The van der Waals surface area contributed by atoms with Crippen LogP contribution in [0.15, 0.2) is 28.7 Å². The molecule has 0 saturated carbocycles. The van der Waals surface area contributed by atoms with Crippen LogP contribution in [-0.4, -0.2) is 16.2 Å². The maximum absolute atomic E-state index is 10.9. The standard InChI is InChI=1S/C11H8BrNO3/c12-6-1-2-7-5(3-6)4-8(11(15)16)10(14)9(7)13/h1-4,14H,13H2,(H,15,16). The number of rotatable bonds is 1. The number of halogens is 1. The Morgan fingerprint density at radius 3 is 2.62 bits per heavy atom. The van der Waals surface area contributed by atoms with Gasteiger partial charge in [0.1, 0.15) is 5.56 Å². The van der Waals surface area contributed by atoms with Crippen molar-refractivity contribution in [1.29, 1.82) is 0 Å². The Kier molecular flexibility index (Phi) is 2.47. The van der Waals surface area contributed by atoms with E-state index in [-0.39, 0.29) is 17.0 Å². The van der Waals surface area contributed by atoms with Gasteiger partial charge in [-0.2, -0.15) is 0 Å². The lowest BCUT2D eigenvalue weighted by Gasteiger charge is -2.08. The van der Waals surface area contributed by atoms with Crippen LogP contribution in [0.1, 0.15) is 10.4 Å². The molecule has 2 rings (SSSR count). The second-order valence-electron chi connectivity index (χ2n) is 3.36. The minimum Gasteiger partial charge on any atom is -0.505 e. The number of hydrogen-bond acceptors (Lipinski definition) is 3. The first-order valence-corrected chi connectivity index (χ1v) is 5.24. The number of aromatic carboxylic acids is 1. The van der Waals surface area contributed by atoms with E-state index in [2.05, 4.69) is 15.9 Å². The Morgan fingerprint density at radius 2 is 2.00 bits per heavy atom. The van der Waals surface area contributed by atoms with Crippen molar-refractivity contribution in [2.24, 2.45) is 0 Å². The molecule has 0 spiro atoms. The summed E-state index contributed by atoms with van der Waals surface area (Å²) in [5.41, 5.74) is 5.57. The van der Waals surface area contributed by atoms with Crippen molar-refractivity contribution in [2.45, 2.75) is 0 Å². The third kappa shape index (κ3) is 1.59. The smallest absolute Gasteiger partial charge is 0.339 e. The molecule has 5 heteroatoms. The van der Waals surface area contributed by atoms with Crippen LogP contribution in [0.4, 0.5) is 5.69 Å². The predicted octanol–water partition coefficient (Wildman–Crippen LogP) is 2.59. The monoisotopic (exact) mass is 281 g/mol.